The van der Waals surface area contributed by atoms with E-state index in [4.69, 9.17) is 14.2 Å². The lowest BCUT2D eigenvalue weighted by Gasteiger charge is -2.45. The fraction of sp³-hybridized carbons (Fsp3) is 0.444. The van der Waals surface area contributed by atoms with E-state index in [-0.39, 0.29) is 24.3 Å². The van der Waals surface area contributed by atoms with Crippen molar-refractivity contribution >= 4 is 17.7 Å². The van der Waals surface area contributed by atoms with Crippen LogP contribution in [-0.2, 0) is 14.3 Å². The zero-order valence-electron chi connectivity index (χ0n) is 20.7. The maximum Gasteiger partial charge on any atom is 0.257 e. The number of hydrogen-bond acceptors (Lipinski definition) is 6. The molecule has 2 aromatic rings. The Balaban J connectivity index is 1.40. The predicted octanol–water partition coefficient (Wildman–Crippen LogP) is 2.17. The average Bonchev–Trinajstić information content (AvgIpc) is 3.31. The molecule has 9 nitrogen and oxygen atoms in total. The van der Waals surface area contributed by atoms with Crippen molar-refractivity contribution in [3.63, 3.8) is 0 Å². The number of halogens is 1. The molecular formula is C27H30FN3O6. The summed E-state index contributed by atoms with van der Waals surface area (Å²) < 4.78 is 30.3. The van der Waals surface area contributed by atoms with Crippen LogP contribution in [0.1, 0.15) is 33.6 Å². The molecule has 0 saturated carbocycles. The first-order valence-corrected chi connectivity index (χ1v) is 12.4. The van der Waals surface area contributed by atoms with Gasteiger partial charge in [-0.25, -0.2) is 4.39 Å². The zero-order valence-corrected chi connectivity index (χ0v) is 20.7. The van der Waals surface area contributed by atoms with Gasteiger partial charge in [0.05, 0.1) is 26.9 Å². The van der Waals surface area contributed by atoms with Crippen LogP contribution in [0.4, 0.5) is 4.39 Å². The van der Waals surface area contributed by atoms with Crippen molar-refractivity contribution in [2.24, 2.45) is 0 Å². The molecule has 37 heavy (non-hydrogen) atoms. The molecule has 3 fully saturated rings. The zero-order chi connectivity index (χ0) is 26.0. The van der Waals surface area contributed by atoms with Crippen LogP contribution in [0, 0.1) is 5.82 Å². The van der Waals surface area contributed by atoms with E-state index in [0.29, 0.717) is 69.1 Å². The SMILES string of the molecule is COc1cccc(C(=O)N2[C@@H](C(=O)N3CCOCC3)COC23CCN(C(=O)c2ccc(F)cc2)CC3)c1. The average molecular weight is 512 g/mol. The largest absolute Gasteiger partial charge is 0.497 e. The van der Waals surface area contributed by atoms with Gasteiger partial charge < -0.3 is 24.0 Å². The van der Waals surface area contributed by atoms with E-state index < -0.39 is 17.6 Å². The number of piperidine rings is 1. The van der Waals surface area contributed by atoms with Crippen LogP contribution in [0.5, 0.6) is 5.75 Å². The van der Waals surface area contributed by atoms with Crippen LogP contribution < -0.4 is 4.74 Å². The maximum absolute atomic E-state index is 13.9. The smallest absolute Gasteiger partial charge is 0.257 e. The van der Waals surface area contributed by atoms with Crippen LogP contribution >= 0.6 is 0 Å². The van der Waals surface area contributed by atoms with Gasteiger partial charge in [0.1, 0.15) is 23.3 Å². The minimum absolute atomic E-state index is 0.0812. The van der Waals surface area contributed by atoms with Crippen molar-refractivity contribution in [1.82, 2.24) is 14.7 Å². The van der Waals surface area contributed by atoms with Gasteiger partial charge in [0.2, 0.25) is 5.91 Å². The van der Waals surface area contributed by atoms with Crippen molar-refractivity contribution in [3.8, 4) is 5.75 Å². The molecule has 10 heteroatoms. The molecule has 0 aliphatic carbocycles. The third-order valence-corrected chi connectivity index (χ3v) is 7.33. The van der Waals surface area contributed by atoms with Gasteiger partial charge in [0.25, 0.3) is 11.8 Å². The van der Waals surface area contributed by atoms with Crippen LogP contribution in [0.25, 0.3) is 0 Å². The summed E-state index contributed by atoms with van der Waals surface area (Å²) in [6.45, 7) is 2.57. The summed E-state index contributed by atoms with van der Waals surface area (Å²) >= 11 is 0. The van der Waals surface area contributed by atoms with E-state index in [9.17, 15) is 18.8 Å². The van der Waals surface area contributed by atoms with Crippen LogP contribution in [0.2, 0.25) is 0 Å². The topological polar surface area (TPSA) is 88.6 Å². The summed E-state index contributed by atoms with van der Waals surface area (Å²) in [5.41, 5.74) is -0.227. The molecule has 3 saturated heterocycles. The Morgan fingerprint density at radius 3 is 2.30 bits per heavy atom. The van der Waals surface area contributed by atoms with Gasteiger partial charge in [-0.2, -0.15) is 0 Å². The molecule has 5 rings (SSSR count). The molecule has 3 aliphatic rings. The standard InChI is InChI=1S/C27H30FN3O6/c1-35-22-4-2-3-20(17-22)25(33)31-23(26(34)30-13-15-36-16-14-30)18-37-27(31)9-11-29(12-10-27)24(32)19-5-7-21(28)8-6-19/h2-8,17,23H,9-16,18H2,1H3/t23-/m1/s1. The van der Waals surface area contributed by atoms with Crippen molar-refractivity contribution in [2.75, 3.05) is 53.1 Å². The van der Waals surface area contributed by atoms with Crippen molar-refractivity contribution in [3.05, 3.63) is 65.5 Å². The van der Waals surface area contributed by atoms with Crippen molar-refractivity contribution in [1.29, 1.82) is 0 Å². The third-order valence-electron chi connectivity index (χ3n) is 7.33. The number of rotatable bonds is 4. The van der Waals surface area contributed by atoms with Gasteiger partial charge in [-0.15, -0.1) is 0 Å². The third kappa shape index (κ3) is 4.91. The number of benzene rings is 2. The Hall–Kier alpha value is -3.50. The highest BCUT2D eigenvalue weighted by Crippen LogP contribution is 2.39. The predicted molar refractivity (Wildman–Crippen MR) is 131 cm³/mol. The molecule has 3 heterocycles. The lowest BCUT2D eigenvalue weighted by Crippen LogP contribution is -2.60. The minimum atomic E-state index is -1.02. The molecule has 196 valence electrons. The van der Waals surface area contributed by atoms with Gasteiger partial charge in [-0.1, -0.05) is 6.07 Å². The Kier molecular flexibility index (Phi) is 7.12. The fourth-order valence-corrected chi connectivity index (χ4v) is 5.28. The molecule has 2 aromatic carbocycles. The first kappa shape index (κ1) is 25.2. The van der Waals surface area contributed by atoms with Gasteiger partial charge in [0.15, 0.2) is 0 Å². The first-order chi connectivity index (χ1) is 17.9. The number of ether oxygens (including phenoxy) is 3. The van der Waals surface area contributed by atoms with E-state index >= 15 is 0 Å². The lowest BCUT2D eigenvalue weighted by molar-refractivity contribution is -0.141. The fourth-order valence-electron chi connectivity index (χ4n) is 5.28. The van der Waals surface area contributed by atoms with E-state index in [2.05, 4.69) is 0 Å². The summed E-state index contributed by atoms with van der Waals surface area (Å²) in [5.74, 6) is -0.561. The monoisotopic (exact) mass is 511 g/mol. The number of carbonyl (C=O) groups excluding carboxylic acids is 3. The Labute approximate surface area is 214 Å². The summed E-state index contributed by atoms with van der Waals surface area (Å²) in [6.07, 6.45) is 0.699. The molecule has 0 radical (unpaired) electrons. The van der Waals surface area contributed by atoms with Crippen molar-refractivity contribution < 1.29 is 33.0 Å². The summed E-state index contributed by atoms with van der Waals surface area (Å²) in [4.78, 5) is 45.5. The quantitative estimate of drug-likeness (QED) is 0.625. The van der Waals surface area contributed by atoms with Crippen molar-refractivity contribution in [2.45, 2.75) is 24.6 Å². The number of carbonyl (C=O) groups is 3. The minimum Gasteiger partial charge on any atom is -0.497 e. The van der Waals surface area contributed by atoms with E-state index in [1.807, 2.05) is 0 Å². The normalized spacial score (nSPS) is 21.2. The number of nitrogens with zero attached hydrogens (tertiary/aromatic N) is 3. The molecule has 0 aromatic heterocycles. The van der Waals surface area contributed by atoms with E-state index in [0.717, 1.165) is 0 Å². The highest BCUT2D eigenvalue weighted by Gasteiger charge is 2.55. The Morgan fingerprint density at radius 1 is 0.919 bits per heavy atom. The summed E-state index contributed by atoms with van der Waals surface area (Å²) in [6, 6.07) is 11.5. The second-order valence-corrected chi connectivity index (χ2v) is 9.42. The second-order valence-electron chi connectivity index (χ2n) is 9.42. The van der Waals surface area contributed by atoms with Crippen LogP contribution in [0.15, 0.2) is 48.5 Å². The molecule has 0 N–H and O–H groups in total. The van der Waals surface area contributed by atoms with Crippen LogP contribution in [-0.4, -0.2) is 97.3 Å². The highest BCUT2D eigenvalue weighted by atomic mass is 19.1. The molecule has 0 bridgehead atoms. The van der Waals surface area contributed by atoms with Gasteiger partial charge in [0, 0.05) is 50.1 Å². The Morgan fingerprint density at radius 2 is 1.62 bits per heavy atom. The van der Waals surface area contributed by atoms with Gasteiger partial charge in [-0.05, 0) is 42.5 Å². The summed E-state index contributed by atoms with van der Waals surface area (Å²) in [5, 5.41) is 0. The molecule has 1 spiro atoms. The van der Waals surface area contributed by atoms with Crippen LogP contribution in [0.3, 0.4) is 0 Å². The molecule has 3 amide bonds. The molecule has 3 aliphatic heterocycles. The number of amides is 3. The molecular weight excluding hydrogens is 481 g/mol. The molecule has 0 unspecified atom stereocenters. The maximum atomic E-state index is 13.9. The lowest BCUT2D eigenvalue weighted by atomic mass is 9.96. The number of hydrogen-bond donors (Lipinski definition) is 0. The van der Waals surface area contributed by atoms with Gasteiger partial charge >= 0.3 is 0 Å². The number of methoxy groups -OCH3 is 1. The first-order valence-electron chi connectivity index (χ1n) is 12.4. The summed E-state index contributed by atoms with van der Waals surface area (Å²) in [7, 11) is 1.53. The molecule has 1 atom stereocenters. The second kappa shape index (κ2) is 10.5. The van der Waals surface area contributed by atoms with E-state index in [1.165, 1.54) is 31.4 Å². The van der Waals surface area contributed by atoms with E-state index in [1.54, 1.807) is 39.0 Å². The Bertz CT molecular complexity index is 1160. The highest BCUT2D eigenvalue weighted by molar-refractivity contribution is 5.99. The van der Waals surface area contributed by atoms with Gasteiger partial charge in [-0.3, -0.25) is 19.3 Å². The number of likely N-dealkylation sites (tertiary alicyclic amines) is 1. The number of morpholine rings is 1.